The van der Waals surface area contributed by atoms with Crippen molar-refractivity contribution in [2.24, 2.45) is 0 Å². The third kappa shape index (κ3) is 3.50. The zero-order valence-corrected chi connectivity index (χ0v) is 14.3. The molecule has 0 amide bonds. The Bertz CT molecular complexity index is 632. The lowest BCUT2D eigenvalue weighted by Crippen LogP contribution is -2.09. The topological polar surface area (TPSA) is 41.5 Å². The van der Waals surface area contributed by atoms with E-state index in [9.17, 15) is 5.11 Å². The number of phenolic OH excluding ortho intramolecular Hbond substituents is 1. The molecule has 1 unspecified atom stereocenters. The summed E-state index contributed by atoms with van der Waals surface area (Å²) in [5.41, 5.74) is 4.28. The molecular formula is C17H20BrNO2. The Morgan fingerprint density at radius 2 is 1.76 bits per heavy atom. The van der Waals surface area contributed by atoms with Crippen LogP contribution in [0, 0.1) is 13.8 Å². The van der Waals surface area contributed by atoms with Crippen LogP contribution >= 0.6 is 15.9 Å². The molecule has 21 heavy (non-hydrogen) atoms. The highest BCUT2D eigenvalue weighted by molar-refractivity contribution is 9.10. The molecule has 0 spiro atoms. The molecule has 0 aliphatic rings. The van der Waals surface area contributed by atoms with Crippen LogP contribution in [0.2, 0.25) is 0 Å². The van der Waals surface area contributed by atoms with Gasteiger partial charge in [0.25, 0.3) is 0 Å². The van der Waals surface area contributed by atoms with E-state index in [4.69, 9.17) is 4.74 Å². The number of ether oxygens (including phenoxy) is 1. The van der Waals surface area contributed by atoms with Gasteiger partial charge in [0.15, 0.2) is 0 Å². The number of phenols is 1. The summed E-state index contributed by atoms with van der Waals surface area (Å²) >= 11 is 3.50. The number of nitrogens with one attached hydrogen (secondary N) is 1. The number of halogens is 1. The van der Waals surface area contributed by atoms with Crippen LogP contribution in [0.3, 0.4) is 0 Å². The van der Waals surface area contributed by atoms with E-state index >= 15 is 0 Å². The number of hydrogen-bond donors (Lipinski definition) is 2. The lowest BCUT2D eigenvalue weighted by molar-refractivity contribution is 0.406. The molecule has 0 fully saturated rings. The summed E-state index contributed by atoms with van der Waals surface area (Å²) in [6.07, 6.45) is 0. The van der Waals surface area contributed by atoms with Crippen LogP contribution in [0.4, 0.5) is 5.69 Å². The number of methoxy groups -OCH3 is 1. The fraction of sp³-hybridized carbons (Fsp3) is 0.294. The summed E-state index contributed by atoms with van der Waals surface area (Å²) < 4.78 is 6.19. The van der Waals surface area contributed by atoms with Gasteiger partial charge in [-0.1, -0.05) is 15.9 Å². The Labute approximate surface area is 134 Å². The molecule has 0 aromatic heterocycles. The number of anilines is 1. The van der Waals surface area contributed by atoms with Crippen molar-refractivity contribution < 1.29 is 9.84 Å². The zero-order valence-electron chi connectivity index (χ0n) is 12.7. The molecular weight excluding hydrogens is 330 g/mol. The lowest BCUT2D eigenvalue weighted by Gasteiger charge is -2.21. The Hall–Kier alpha value is -1.68. The second kappa shape index (κ2) is 6.39. The first kappa shape index (κ1) is 15.7. The molecule has 0 bridgehead atoms. The Morgan fingerprint density at radius 3 is 2.29 bits per heavy atom. The van der Waals surface area contributed by atoms with Gasteiger partial charge < -0.3 is 15.2 Å². The summed E-state index contributed by atoms with van der Waals surface area (Å²) in [5.74, 6) is 0.890. The van der Waals surface area contributed by atoms with Gasteiger partial charge in [0.1, 0.15) is 11.5 Å². The minimum atomic E-state index is -0.00511. The molecule has 0 saturated heterocycles. The smallest absolute Gasteiger partial charge is 0.124 e. The van der Waals surface area contributed by atoms with E-state index in [1.165, 1.54) is 11.1 Å². The van der Waals surface area contributed by atoms with Crippen LogP contribution in [-0.4, -0.2) is 12.2 Å². The summed E-state index contributed by atoms with van der Waals surface area (Å²) in [4.78, 5) is 0. The molecule has 2 rings (SSSR count). The molecule has 0 aliphatic heterocycles. The standard InChI is InChI=1S/C17H20BrNO2/c1-10-7-13(18)8-11(2)17(10)19-12(3)15-6-5-14(21-4)9-16(15)20/h5-9,12,19-20H,1-4H3. The van der Waals surface area contributed by atoms with Crippen molar-refractivity contribution >= 4 is 21.6 Å². The third-order valence-corrected chi connectivity index (χ3v) is 4.02. The van der Waals surface area contributed by atoms with Gasteiger partial charge in [-0.15, -0.1) is 0 Å². The highest BCUT2D eigenvalue weighted by Gasteiger charge is 2.13. The van der Waals surface area contributed by atoms with Crippen molar-refractivity contribution in [3.05, 3.63) is 51.5 Å². The van der Waals surface area contributed by atoms with Crippen LogP contribution in [0.5, 0.6) is 11.5 Å². The molecule has 2 N–H and O–H groups in total. The highest BCUT2D eigenvalue weighted by atomic mass is 79.9. The second-order valence-electron chi connectivity index (χ2n) is 5.21. The average molecular weight is 350 g/mol. The van der Waals surface area contributed by atoms with Crippen molar-refractivity contribution in [1.82, 2.24) is 0 Å². The molecule has 1 atom stereocenters. The Morgan fingerprint density at radius 1 is 1.14 bits per heavy atom. The number of rotatable bonds is 4. The van der Waals surface area contributed by atoms with E-state index in [1.54, 1.807) is 13.2 Å². The van der Waals surface area contributed by atoms with Gasteiger partial charge in [0.2, 0.25) is 0 Å². The molecule has 112 valence electrons. The van der Waals surface area contributed by atoms with Gasteiger partial charge in [-0.2, -0.15) is 0 Å². The molecule has 0 radical (unpaired) electrons. The number of hydrogen-bond acceptors (Lipinski definition) is 3. The SMILES string of the molecule is COc1ccc(C(C)Nc2c(C)cc(Br)cc2C)c(O)c1. The van der Waals surface area contributed by atoms with Crippen molar-refractivity contribution in [2.75, 3.05) is 12.4 Å². The maximum atomic E-state index is 10.1. The number of aromatic hydroxyl groups is 1. The van der Waals surface area contributed by atoms with Crippen molar-refractivity contribution in [1.29, 1.82) is 0 Å². The van der Waals surface area contributed by atoms with E-state index in [1.807, 2.05) is 19.1 Å². The summed E-state index contributed by atoms with van der Waals surface area (Å²) in [6.45, 7) is 6.17. The molecule has 2 aromatic carbocycles. The van der Waals surface area contributed by atoms with Crippen molar-refractivity contribution in [3.63, 3.8) is 0 Å². The van der Waals surface area contributed by atoms with Crippen molar-refractivity contribution in [2.45, 2.75) is 26.8 Å². The molecule has 0 aliphatic carbocycles. The summed E-state index contributed by atoms with van der Waals surface area (Å²) in [6, 6.07) is 9.53. The minimum Gasteiger partial charge on any atom is -0.507 e. The average Bonchev–Trinajstić information content (AvgIpc) is 2.42. The quantitative estimate of drug-likeness (QED) is 0.820. The highest BCUT2D eigenvalue weighted by Crippen LogP contribution is 2.33. The maximum Gasteiger partial charge on any atom is 0.124 e. The Kier molecular flexibility index (Phi) is 4.78. The van der Waals surface area contributed by atoms with Crippen LogP contribution in [0.15, 0.2) is 34.8 Å². The van der Waals surface area contributed by atoms with Crippen molar-refractivity contribution in [3.8, 4) is 11.5 Å². The molecule has 4 heteroatoms. The first-order chi connectivity index (χ1) is 9.92. The molecule has 3 nitrogen and oxygen atoms in total. The molecule has 2 aromatic rings. The second-order valence-corrected chi connectivity index (χ2v) is 6.12. The van der Waals surface area contributed by atoms with Crippen LogP contribution in [0.25, 0.3) is 0 Å². The summed E-state index contributed by atoms with van der Waals surface area (Å²) in [7, 11) is 1.59. The largest absolute Gasteiger partial charge is 0.507 e. The van der Waals surface area contributed by atoms with Crippen LogP contribution < -0.4 is 10.1 Å². The van der Waals surface area contributed by atoms with E-state index in [2.05, 4.69) is 47.2 Å². The minimum absolute atomic E-state index is 0.00511. The van der Waals surface area contributed by atoms with Gasteiger partial charge >= 0.3 is 0 Å². The third-order valence-electron chi connectivity index (χ3n) is 3.56. The monoisotopic (exact) mass is 349 g/mol. The fourth-order valence-corrected chi connectivity index (χ4v) is 3.14. The predicted molar refractivity (Wildman–Crippen MR) is 90.3 cm³/mol. The first-order valence-corrected chi connectivity index (χ1v) is 7.62. The zero-order chi connectivity index (χ0) is 15.6. The molecule has 0 heterocycles. The van der Waals surface area contributed by atoms with Gasteiger partial charge in [0, 0.05) is 21.8 Å². The van der Waals surface area contributed by atoms with E-state index in [-0.39, 0.29) is 11.8 Å². The van der Waals surface area contributed by atoms with E-state index in [0.717, 1.165) is 15.7 Å². The van der Waals surface area contributed by atoms with Gasteiger partial charge in [-0.3, -0.25) is 0 Å². The predicted octanol–water partition coefficient (Wildman–Crippen LogP) is 4.95. The maximum absolute atomic E-state index is 10.1. The van der Waals surface area contributed by atoms with Gasteiger partial charge in [-0.25, -0.2) is 0 Å². The molecule has 0 saturated carbocycles. The number of aryl methyl sites for hydroxylation is 2. The van der Waals surface area contributed by atoms with E-state index < -0.39 is 0 Å². The van der Waals surface area contributed by atoms with Gasteiger partial charge in [-0.05, 0) is 56.2 Å². The normalized spacial score (nSPS) is 12.0. The van der Waals surface area contributed by atoms with Crippen LogP contribution in [0.1, 0.15) is 29.7 Å². The summed E-state index contributed by atoms with van der Waals surface area (Å²) in [5, 5.41) is 13.6. The van der Waals surface area contributed by atoms with Crippen LogP contribution in [-0.2, 0) is 0 Å². The fourth-order valence-electron chi connectivity index (χ4n) is 2.45. The van der Waals surface area contributed by atoms with Gasteiger partial charge in [0.05, 0.1) is 13.2 Å². The first-order valence-electron chi connectivity index (χ1n) is 6.82. The van der Waals surface area contributed by atoms with E-state index in [0.29, 0.717) is 5.75 Å². The number of benzene rings is 2. The Balaban J connectivity index is 2.28. The lowest BCUT2D eigenvalue weighted by atomic mass is 10.0.